The van der Waals surface area contributed by atoms with E-state index >= 15 is 0 Å². The fourth-order valence-corrected chi connectivity index (χ4v) is 2.46. The van der Waals surface area contributed by atoms with Crippen molar-refractivity contribution in [3.63, 3.8) is 0 Å². The number of hydrogen-bond acceptors (Lipinski definition) is 4. The molecule has 0 bridgehead atoms. The maximum absolute atomic E-state index is 12.2. The van der Waals surface area contributed by atoms with Gasteiger partial charge in [0, 0.05) is 35.9 Å². The molecule has 1 aliphatic heterocycles. The van der Waals surface area contributed by atoms with Crippen molar-refractivity contribution >= 4 is 21.8 Å². The molecule has 1 saturated heterocycles. The molecule has 7 nitrogen and oxygen atoms in total. The van der Waals surface area contributed by atoms with Gasteiger partial charge in [0.25, 0.3) is 5.91 Å². The Hall–Kier alpha value is -2.09. The summed E-state index contributed by atoms with van der Waals surface area (Å²) in [6.07, 6.45) is 3.69. The third-order valence-corrected chi connectivity index (χ3v) is 3.72. The normalized spacial score (nSPS) is 18.0. The molecule has 0 spiro atoms. The van der Waals surface area contributed by atoms with Gasteiger partial charge in [-0.1, -0.05) is 0 Å². The number of carbonyl (C=O) groups excluding carboxylic acids is 1. The molecule has 1 amide bonds. The molecule has 0 saturated carbocycles. The van der Waals surface area contributed by atoms with Crippen molar-refractivity contribution in [2.45, 2.75) is 12.5 Å². The molecule has 0 radical (unpaired) electrons. The van der Waals surface area contributed by atoms with Crippen LogP contribution in [0.15, 0.2) is 33.8 Å². The molecule has 1 unspecified atom stereocenters. The number of rotatable bonds is 3. The molecule has 0 aromatic carbocycles. The fraction of sp³-hybridized carbons (Fsp3) is 0.308. The van der Waals surface area contributed by atoms with E-state index in [4.69, 9.17) is 4.74 Å². The minimum absolute atomic E-state index is 0.0895. The lowest BCUT2D eigenvalue weighted by molar-refractivity contribution is 0.0766. The Morgan fingerprint density at radius 2 is 2.33 bits per heavy atom. The van der Waals surface area contributed by atoms with Crippen molar-refractivity contribution < 1.29 is 9.53 Å². The second-order valence-electron chi connectivity index (χ2n) is 4.75. The van der Waals surface area contributed by atoms with Crippen LogP contribution >= 0.6 is 15.9 Å². The molecule has 110 valence electrons. The van der Waals surface area contributed by atoms with Crippen LogP contribution in [0.25, 0.3) is 0 Å². The van der Waals surface area contributed by atoms with E-state index in [9.17, 15) is 9.59 Å². The molecule has 8 heteroatoms. The highest BCUT2D eigenvalue weighted by atomic mass is 79.9. The lowest BCUT2D eigenvalue weighted by Crippen LogP contribution is -2.31. The Kier molecular flexibility index (Phi) is 3.78. The van der Waals surface area contributed by atoms with E-state index in [0.717, 1.165) is 10.9 Å². The number of nitrogens with one attached hydrogen (secondary N) is 2. The molecule has 2 aromatic rings. The predicted octanol–water partition coefficient (Wildman–Crippen LogP) is 1.15. The molecule has 1 fully saturated rings. The number of carbonyl (C=O) groups is 1. The summed E-state index contributed by atoms with van der Waals surface area (Å²) in [5.41, 5.74) is -0.119. The number of aromatic amines is 2. The number of hydrogen-bond donors (Lipinski definition) is 2. The maximum Gasteiger partial charge on any atom is 0.323 e. The van der Waals surface area contributed by atoms with E-state index in [0.29, 0.717) is 19.0 Å². The number of aromatic nitrogens is 3. The van der Waals surface area contributed by atoms with Gasteiger partial charge in [0.15, 0.2) is 0 Å². The van der Waals surface area contributed by atoms with Crippen molar-refractivity contribution in [2.75, 3.05) is 13.1 Å². The van der Waals surface area contributed by atoms with Crippen LogP contribution in [0.2, 0.25) is 0 Å². The van der Waals surface area contributed by atoms with Gasteiger partial charge in [-0.2, -0.15) is 0 Å². The van der Waals surface area contributed by atoms with Crippen molar-refractivity contribution in [1.82, 2.24) is 19.9 Å². The monoisotopic (exact) mass is 352 g/mol. The highest BCUT2D eigenvalue weighted by Gasteiger charge is 2.29. The number of pyridine rings is 1. The second-order valence-corrected chi connectivity index (χ2v) is 5.67. The van der Waals surface area contributed by atoms with Gasteiger partial charge in [0.05, 0.1) is 6.54 Å². The third-order valence-electron chi connectivity index (χ3n) is 3.25. The molecule has 0 aliphatic carbocycles. The second kappa shape index (κ2) is 5.72. The molecule has 3 rings (SSSR count). The van der Waals surface area contributed by atoms with Crippen LogP contribution in [-0.4, -0.2) is 45.0 Å². The smallest absolute Gasteiger partial charge is 0.323 e. The Balaban J connectivity index is 1.61. The van der Waals surface area contributed by atoms with Crippen LogP contribution < -0.4 is 10.4 Å². The first-order valence-corrected chi connectivity index (χ1v) is 7.26. The van der Waals surface area contributed by atoms with Gasteiger partial charge in [-0.05, 0) is 22.0 Å². The van der Waals surface area contributed by atoms with Crippen molar-refractivity contribution in [3.05, 3.63) is 45.2 Å². The van der Waals surface area contributed by atoms with Crippen LogP contribution in [0.5, 0.6) is 5.88 Å². The third kappa shape index (κ3) is 3.15. The van der Waals surface area contributed by atoms with Crippen LogP contribution in [0.4, 0.5) is 0 Å². The number of imidazole rings is 1. The summed E-state index contributed by atoms with van der Waals surface area (Å²) in [6, 6.07) is 3.63. The first-order chi connectivity index (χ1) is 10.1. The lowest BCUT2D eigenvalue weighted by Gasteiger charge is -2.16. The maximum atomic E-state index is 12.2. The Labute approximate surface area is 128 Å². The molecule has 21 heavy (non-hydrogen) atoms. The van der Waals surface area contributed by atoms with Crippen LogP contribution in [-0.2, 0) is 0 Å². The average Bonchev–Trinajstić information content (AvgIpc) is 3.10. The molecule has 1 aliphatic rings. The molecule has 3 heterocycles. The summed E-state index contributed by atoms with van der Waals surface area (Å²) >= 11 is 3.31. The number of nitrogens with zero attached hydrogens (tertiary/aromatic N) is 2. The topological polar surface area (TPSA) is 91.1 Å². The quantitative estimate of drug-likeness (QED) is 0.866. The molecular weight excluding hydrogens is 340 g/mol. The van der Waals surface area contributed by atoms with Crippen molar-refractivity contribution in [1.29, 1.82) is 0 Å². The zero-order chi connectivity index (χ0) is 14.8. The first kappa shape index (κ1) is 13.9. The van der Waals surface area contributed by atoms with Gasteiger partial charge in [-0.3, -0.25) is 4.79 Å². The molecular formula is C13H13BrN4O3. The molecule has 2 N–H and O–H groups in total. The van der Waals surface area contributed by atoms with Gasteiger partial charge >= 0.3 is 5.69 Å². The van der Waals surface area contributed by atoms with Crippen LogP contribution in [0.3, 0.4) is 0 Å². The van der Waals surface area contributed by atoms with Gasteiger partial charge in [-0.25, -0.2) is 9.78 Å². The van der Waals surface area contributed by atoms with E-state index in [2.05, 4.69) is 30.9 Å². The van der Waals surface area contributed by atoms with E-state index in [1.807, 2.05) is 6.07 Å². The summed E-state index contributed by atoms with van der Waals surface area (Å²) in [4.78, 5) is 33.9. The van der Waals surface area contributed by atoms with Crippen molar-refractivity contribution in [3.8, 4) is 5.88 Å². The average molecular weight is 353 g/mol. The van der Waals surface area contributed by atoms with Gasteiger partial charge < -0.3 is 19.6 Å². The summed E-state index contributed by atoms with van der Waals surface area (Å²) in [6.45, 7) is 1.07. The summed E-state index contributed by atoms with van der Waals surface area (Å²) in [5.74, 6) is 0.329. The fourth-order valence-electron chi connectivity index (χ4n) is 2.23. The van der Waals surface area contributed by atoms with E-state index in [1.54, 1.807) is 17.2 Å². The van der Waals surface area contributed by atoms with Crippen molar-refractivity contribution in [2.24, 2.45) is 0 Å². The van der Waals surface area contributed by atoms with Gasteiger partial charge in [0.1, 0.15) is 11.8 Å². The minimum Gasteiger partial charge on any atom is -0.472 e. The zero-order valence-corrected chi connectivity index (χ0v) is 12.6. The molecule has 1 atom stereocenters. The summed E-state index contributed by atoms with van der Waals surface area (Å²) < 4.78 is 6.63. The van der Waals surface area contributed by atoms with Gasteiger partial charge in [0.2, 0.25) is 5.88 Å². The Bertz CT molecular complexity index is 694. The SMILES string of the molecule is O=C(c1c[nH]c(=O)[nH]1)N1CCC(Oc2ccc(Br)cn2)C1. The number of likely N-dealkylation sites (tertiary alicyclic amines) is 1. The predicted molar refractivity (Wildman–Crippen MR) is 78.3 cm³/mol. The van der Waals surface area contributed by atoms with Gasteiger partial charge in [-0.15, -0.1) is 0 Å². The summed E-state index contributed by atoms with van der Waals surface area (Å²) in [7, 11) is 0. The number of ether oxygens (including phenoxy) is 1. The Morgan fingerprint density at radius 3 is 3.00 bits per heavy atom. The van der Waals surface area contributed by atoms with E-state index in [1.165, 1.54) is 6.20 Å². The first-order valence-electron chi connectivity index (χ1n) is 6.47. The van der Waals surface area contributed by atoms with E-state index < -0.39 is 0 Å². The minimum atomic E-state index is -0.385. The van der Waals surface area contributed by atoms with Crippen LogP contribution in [0.1, 0.15) is 16.9 Å². The lowest BCUT2D eigenvalue weighted by atomic mass is 10.3. The number of halogens is 1. The highest BCUT2D eigenvalue weighted by Crippen LogP contribution is 2.19. The number of H-pyrrole nitrogens is 2. The molecule has 2 aromatic heterocycles. The highest BCUT2D eigenvalue weighted by molar-refractivity contribution is 9.10. The Morgan fingerprint density at radius 1 is 1.48 bits per heavy atom. The van der Waals surface area contributed by atoms with Crippen LogP contribution in [0, 0.1) is 0 Å². The largest absolute Gasteiger partial charge is 0.472 e. The van der Waals surface area contributed by atoms with E-state index in [-0.39, 0.29) is 23.4 Å². The summed E-state index contributed by atoms with van der Waals surface area (Å²) in [5, 5.41) is 0. The standard InChI is InChI=1S/C13H13BrN4O3/c14-8-1-2-11(15-5-8)21-9-3-4-18(7-9)12(19)10-6-16-13(20)17-10/h1-2,5-6,9H,3-4,7H2,(H2,16,17,20). The number of amides is 1. The zero-order valence-electron chi connectivity index (χ0n) is 11.0.